The molecule has 0 aliphatic heterocycles. The maximum Gasteiger partial charge on any atom is 0.222 e. The van der Waals surface area contributed by atoms with Crippen molar-refractivity contribution in [2.75, 3.05) is 13.7 Å². The Balaban J connectivity index is 1.88. The lowest BCUT2D eigenvalue weighted by molar-refractivity contribution is -0.124. The van der Waals surface area contributed by atoms with Gasteiger partial charge in [-0.3, -0.25) is 4.79 Å². The van der Waals surface area contributed by atoms with E-state index in [9.17, 15) is 4.79 Å². The van der Waals surface area contributed by atoms with E-state index in [1.165, 1.54) is 18.4 Å². The van der Waals surface area contributed by atoms with Crippen molar-refractivity contribution in [2.24, 2.45) is 11.7 Å². The number of ether oxygens (including phenoxy) is 1. The van der Waals surface area contributed by atoms with E-state index in [-0.39, 0.29) is 18.1 Å². The number of methoxy groups -OCH3 is 1. The molecule has 4 heteroatoms. The number of carbonyl (C=O) groups is 1. The van der Waals surface area contributed by atoms with Gasteiger partial charge < -0.3 is 15.8 Å². The second-order valence-electron chi connectivity index (χ2n) is 5.50. The molecule has 2 atom stereocenters. The molecule has 3 N–H and O–H groups in total. The van der Waals surface area contributed by atoms with E-state index < -0.39 is 0 Å². The van der Waals surface area contributed by atoms with Crippen LogP contribution in [0.3, 0.4) is 0 Å². The van der Waals surface area contributed by atoms with Crippen LogP contribution in [0, 0.1) is 5.92 Å². The summed E-state index contributed by atoms with van der Waals surface area (Å²) in [5, 5.41) is 3.15. The Morgan fingerprint density at radius 3 is 2.65 bits per heavy atom. The van der Waals surface area contributed by atoms with Gasteiger partial charge in [-0.2, -0.15) is 0 Å². The Labute approximate surface area is 120 Å². The summed E-state index contributed by atoms with van der Waals surface area (Å²) in [5.41, 5.74) is 6.82. The summed E-state index contributed by atoms with van der Waals surface area (Å²) < 4.78 is 5.16. The first kappa shape index (κ1) is 15.0. The van der Waals surface area contributed by atoms with Gasteiger partial charge in [-0.05, 0) is 30.7 Å². The molecule has 0 heterocycles. The summed E-state index contributed by atoms with van der Waals surface area (Å²) in [6.45, 7) is 0.372. The van der Waals surface area contributed by atoms with Crippen LogP contribution in [-0.4, -0.2) is 31.7 Å². The fourth-order valence-electron chi connectivity index (χ4n) is 2.44. The number of carbonyl (C=O) groups excluding carboxylic acids is 1. The molecule has 0 spiro atoms. The summed E-state index contributed by atoms with van der Waals surface area (Å²) in [6, 6.07) is 10.5. The molecule has 0 saturated heterocycles. The number of amides is 1. The lowest BCUT2D eigenvalue weighted by Crippen LogP contribution is -2.40. The van der Waals surface area contributed by atoms with E-state index in [4.69, 9.17) is 10.5 Å². The second-order valence-corrected chi connectivity index (χ2v) is 5.50. The highest BCUT2D eigenvalue weighted by molar-refractivity contribution is 5.76. The first-order valence-electron chi connectivity index (χ1n) is 7.29. The Bertz CT molecular complexity index is 414. The van der Waals surface area contributed by atoms with Crippen LogP contribution >= 0.6 is 0 Å². The number of rotatable bonds is 8. The van der Waals surface area contributed by atoms with Crippen LogP contribution in [0.25, 0.3) is 0 Å². The van der Waals surface area contributed by atoms with Crippen molar-refractivity contribution in [3.63, 3.8) is 0 Å². The molecule has 0 bridgehead atoms. The highest BCUT2D eigenvalue weighted by Gasteiger charge is 2.32. The van der Waals surface area contributed by atoms with E-state index in [2.05, 4.69) is 17.4 Å². The van der Waals surface area contributed by atoms with E-state index in [0.717, 1.165) is 6.42 Å². The number of nitrogens with two attached hydrogens (primary N) is 1. The Kier molecular flexibility index (Phi) is 5.56. The van der Waals surface area contributed by atoms with Crippen molar-refractivity contribution < 1.29 is 9.53 Å². The standard InChI is InChI=1S/C16H24N2O2/c1-20-14(11-17)10-16(19)18-15(13-7-8-13)9-12-5-3-2-4-6-12/h2-6,13-15H,7-11,17H2,1H3,(H,18,19). The van der Waals surface area contributed by atoms with Crippen LogP contribution in [-0.2, 0) is 16.0 Å². The molecule has 1 amide bonds. The van der Waals surface area contributed by atoms with Crippen LogP contribution in [0.15, 0.2) is 30.3 Å². The number of hydrogen-bond donors (Lipinski definition) is 2. The third-order valence-corrected chi connectivity index (χ3v) is 3.85. The van der Waals surface area contributed by atoms with Gasteiger partial charge in [0.05, 0.1) is 12.5 Å². The molecule has 2 unspecified atom stereocenters. The van der Waals surface area contributed by atoms with Crippen molar-refractivity contribution in [1.82, 2.24) is 5.32 Å². The SMILES string of the molecule is COC(CN)CC(=O)NC(Cc1ccccc1)C1CC1. The molecular formula is C16H24N2O2. The summed E-state index contributed by atoms with van der Waals surface area (Å²) in [5.74, 6) is 0.660. The average Bonchev–Trinajstić information content (AvgIpc) is 3.30. The largest absolute Gasteiger partial charge is 0.380 e. The minimum Gasteiger partial charge on any atom is -0.380 e. The normalized spacial score (nSPS) is 17.5. The van der Waals surface area contributed by atoms with Crippen molar-refractivity contribution in [3.05, 3.63) is 35.9 Å². The van der Waals surface area contributed by atoms with Gasteiger partial charge in [0.1, 0.15) is 0 Å². The van der Waals surface area contributed by atoms with Gasteiger partial charge in [0.2, 0.25) is 5.91 Å². The maximum atomic E-state index is 12.1. The molecule has 0 radical (unpaired) electrons. The van der Waals surface area contributed by atoms with Crippen molar-refractivity contribution in [2.45, 2.75) is 37.8 Å². The highest BCUT2D eigenvalue weighted by Crippen LogP contribution is 2.34. The Hall–Kier alpha value is -1.39. The highest BCUT2D eigenvalue weighted by atomic mass is 16.5. The lowest BCUT2D eigenvalue weighted by Gasteiger charge is -2.20. The lowest BCUT2D eigenvalue weighted by atomic mass is 10.0. The first-order chi connectivity index (χ1) is 9.72. The van der Waals surface area contributed by atoms with Gasteiger partial charge in [-0.25, -0.2) is 0 Å². The molecule has 1 saturated carbocycles. The molecule has 1 fully saturated rings. The van der Waals surface area contributed by atoms with Crippen LogP contribution in [0.2, 0.25) is 0 Å². The molecule has 1 aromatic rings. The number of nitrogens with one attached hydrogen (secondary N) is 1. The summed E-state index contributed by atoms with van der Waals surface area (Å²) in [4.78, 5) is 12.1. The first-order valence-corrected chi connectivity index (χ1v) is 7.29. The topological polar surface area (TPSA) is 64.3 Å². The van der Waals surface area contributed by atoms with Gasteiger partial charge in [0.25, 0.3) is 0 Å². The minimum absolute atomic E-state index is 0.0372. The third-order valence-electron chi connectivity index (χ3n) is 3.85. The number of benzene rings is 1. The molecule has 1 aliphatic carbocycles. The summed E-state index contributed by atoms with van der Waals surface area (Å²) in [6.07, 6.45) is 3.47. The fourth-order valence-corrected chi connectivity index (χ4v) is 2.44. The van der Waals surface area contributed by atoms with Crippen molar-refractivity contribution in [3.8, 4) is 0 Å². The zero-order valence-corrected chi connectivity index (χ0v) is 12.0. The zero-order chi connectivity index (χ0) is 14.4. The minimum atomic E-state index is -0.188. The van der Waals surface area contributed by atoms with Gasteiger partial charge in [-0.1, -0.05) is 30.3 Å². The molecule has 2 rings (SSSR count). The van der Waals surface area contributed by atoms with E-state index in [1.54, 1.807) is 7.11 Å². The van der Waals surface area contributed by atoms with Crippen molar-refractivity contribution >= 4 is 5.91 Å². The summed E-state index contributed by atoms with van der Waals surface area (Å²) in [7, 11) is 1.59. The quantitative estimate of drug-likeness (QED) is 0.756. The van der Waals surface area contributed by atoms with E-state index in [0.29, 0.717) is 18.9 Å². The van der Waals surface area contributed by atoms with Crippen molar-refractivity contribution in [1.29, 1.82) is 0 Å². The molecule has 4 nitrogen and oxygen atoms in total. The predicted octanol–water partition coefficient (Wildman–Crippen LogP) is 1.49. The maximum absolute atomic E-state index is 12.1. The van der Waals surface area contributed by atoms with Gasteiger partial charge >= 0.3 is 0 Å². The van der Waals surface area contributed by atoms with Crippen LogP contribution in [0.4, 0.5) is 0 Å². The van der Waals surface area contributed by atoms with Crippen LogP contribution in [0.5, 0.6) is 0 Å². The molecule has 0 aromatic heterocycles. The van der Waals surface area contributed by atoms with Crippen LogP contribution in [0.1, 0.15) is 24.8 Å². The zero-order valence-electron chi connectivity index (χ0n) is 12.0. The van der Waals surface area contributed by atoms with Gasteiger partial charge in [0, 0.05) is 19.7 Å². The molecule has 110 valence electrons. The Morgan fingerprint density at radius 1 is 1.40 bits per heavy atom. The molecule has 1 aromatic carbocycles. The monoisotopic (exact) mass is 276 g/mol. The van der Waals surface area contributed by atoms with E-state index >= 15 is 0 Å². The second kappa shape index (κ2) is 7.41. The number of hydrogen-bond acceptors (Lipinski definition) is 3. The van der Waals surface area contributed by atoms with Gasteiger partial charge in [0.15, 0.2) is 0 Å². The molecule has 1 aliphatic rings. The van der Waals surface area contributed by atoms with E-state index in [1.807, 2.05) is 18.2 Å². The predicted molar refractivity (Wildman–Crippen MR) is 79.3 cm³/mol. The Morgan fingerprint density at radius 2 is 2.10 bits per heavy atom. The van der Waals surface area contributed by atoms with Crippen LogP contribution < -0.4 is 11.1 Å². The smallest absolute Gasteiger partial charge is 0.222 e. The molecule has 20 heavy (non-hydrogen) atoms. The third kappa shape index (κ3) is 4.62. The average molecular weight is 276 g/mol. The fraction of sp³-hybridized carbons (Fsp3) is 0.562. The molecular weight excluding hydrogens is 252 g/mol. The van der Waals surface area contributed by atoms with Gasteiger partial charge in [-0.15, -0.1) is 0 Å². The summed E-state index contributed by atoms with van der Waals surface area (Å²) >= 11 is 0.